The van der Waals surface area contributed by atoms with Crippen molar-refractivity contribution in [3.63, 3.8) is 0 Å². The van der Waals surface area contributed by atoms with E-state index in [9.17, 15) is 9.59 Å². The standard InChI is InChI=1S/C18H14BrN3O2/c1-18(14-8-6-12(10-20)7-9-14)16(23)22(17(24)21-18)11-13-4-2-3-5-15(13)19/h2-9H,11H2,1H3,(H,21,24)/t18-/m1/s1. The molecule has 6 heteroatoms. The summed E-state index contributed by atoms with van der Waals surface area (Å²) >= 11 is 3.43. The van der Waals surface area contributed by atoms with E-state index in [1.807, 2.05) is 30.3 Å². The third kappa shape index (κ3) is 2.68. The average Bonchev–Trinajstić information content (AvgIpc) is 2.81. The Morgan fingerprint density at radius 1 is 1.17 bits per heavy atom. The zero-order chi connectivity index (χ0) is 17.3. The summed E-state index contributed by atoms with van der Waals surface area (Å²) in [6, 6.07) is 15.7. The number of hydrogen-bond acceptors (Lipinski definition) is 3. The smallest absolute Gasteiger partial charge is 0.319 e. The molecule has 1 aliphatic heterocycles. The first-order chi connectivity index (χ1) is 11.5. The van der Waals surface area contributed by atoms with Crippen molar-refractivity contribution in [3.05, 3.63) is 69.7 Å². The predicted molar refractivity (Wildman–Crippen MR) is 91.7 cm³/mol. The topological polar surface area (TPSA) is 73.2 Å². The Morgan fingerprint density at radius 3 is 2.46 bits per heavy atom. The van der Waals surface area contributed by atoms with E-state index >= 15 is 0 Å². The van der Waals surface area contributed by atoms with Crippen molar-refractivity contribution >= 4 is 27.9 Å². The van der Waals surface area contributed by atoms with Gasteiger partial charge in [0.15, 0.2) is 0 Å². The Bertz CT molecular complexity index is 857. The fraction of sp³-hybridized carbons (Fsp3) is 0.167. The molecular weight excluding hydrogens is 370 g/mol. The van der Waals surface area contributed by atoms with Crippen molar-refractivity contribution in [1.29, 1.82) is 5.26 Å². The number of hydrogen-bond donors (Lipinski definition) is 1. The SMILES string of the molecule is C[C@]1(c2ccc(C#N)cc2)NC(=O)N(Cc2ccccc2Br)C1=O. The maximum atomic E-state index is 12.9. The molecule has 120 valence electrons. The van der Waals surface area contributed by atoms with Crippen molar-refractivity contribution in [2.24, 2.45) is 0 Å². The molecule has 3 amide bonds. The van der Waals surface area contributed by atoms with Crippen molar-refractivity contribution in [1.82, 2.24) is 10.2 Å². The Kier molecular flexibility index (Phi) is 4.12. The first-order valence-corrected chi connectivity index (χ1v) is 8.13. The summed E-state index contributed by atoms with van der Waals surface area (Å²) < 4.78 is 0.845. The van der Waals surface area contributed by atoms with Gasteiger partial charge in [-0.1, -0.05) is 46.3 Å². The molecule has 24 heavy (non-hydrogen) atoms. The van der Waals surface area contributed by atoms with Crippen molar-refractivity contribution in [2.75, 3.05) is 0 Å². The van der Waals surface area contributed by atoms with Crippen LogP contribution in [-0.4, -0.2) is 16.8 Å². The van der Waals surface area contributed by atoms with E-state index in [-0.39, 0.29) is 12.5 Å². The molecule has 0 bridgehead atoms. The second-order valence-corrected chi connectivity index (χ2v) is 6.58. The van der Waals surface area contributed by atoms with E-state index < -0.39 is 11.6 Å². The van der Waals surface area contributed by atoms with Gasteiger partial charge in [0.2, 0.25) is 0 Å². The minimum atomic E-state index is -1.13. The van der Waals surface area contributed by atoms with Gasteiger partial charge < -0.3 is 5.32 Å². The van der Waals surface area contributed by atoms with Crippen LogP contribution in [0.3, 0.4) is 0 Å². The molecular formula is C18H14BrN3O2. The number of imide groups is 1. The fourth-order valence-electron chi connectivity index (χ4n) is 2.71. The Morgan fingerprint density at radius 2 is 1.83 bits per heavy atom. The molecule has 0 saturated carbocycles. The van der Waals surface area contributed by atoms with E-state index in [1.54, 1.807) is 31.2 Å². The second kappa shape index (κ2) is 6.10. The van der Waals surface area contributed by atoms with Gasteiger partial charge in [-0.2, -0.15) is 5.26 Å². The van der Waals surface area contributed by atoms with Crippen LogP contribution in [0.1, 0.15) is 23.6 Å². The van der Waals surface area contributed by atoms with Crippen LogP contribution in [0.5, 0.6) is 0 Å². The van der Waals surface area contributed by atoms with Crippen LogP contribution in [0.4, 0.5) is 4.79 Å². The number of nitriles is 1. The molecule has 1 heterocycles. The molecule has 2 aromatic carbocycles. The third-order valence-corrected chi connectivity index (χ3v) is 4.93. The average molecular weight is 384 g/mol. The van der Waals surface area contributed by atoms with Crippen LogP contribution in [0.25, 0.3) is 0 Å². The summed E-state index contributed by atoms with van der Waals surface area (Å²) in [6.07, 6.45) is 0. The number of rotatable bonds is 3. The van der Waals surface area contributed by atoms with E-state index in [0.29, 0.717) is 11.1 Å². The van der Waals surface area contributed by atoms with Gasteiger partial charge in [-0.15, -0.1) is 0 Å². The molecule has 1 atom stereocenters. The zero-order valence-electron chi connectivity index (χ0n) is 12.9. The minimum Gasteiger partial charge on any atom is -0.319 e. The Labute approximate surface area is 148 Å². The van der Waals surface area contributed by atoms with Crippen LogP contribution in [0.2, 0.25) is 0 Å². The minimum absolute atomic E-state index is 0.192. The van der Waals surface area contributed by atoms with E-state index in [1.165, 1.54) is 4.90 Å². The molecule has 0 aromatic heterocycles. The van der Waals surface area contributed by atoms with Gasteiger partial charge in [0.1, 0.15) is 5.54 Å². The number of benzene rings is 2. The maximum Gasteiger partial charge on any atom is 0.325 e. The first-order valence-electron chi connectivity index (χ1n) is 7.34. The Balaban J connectivity index is 1.90. The summed E-state index contributed by atoms with van der Waals surface area (Å²) in [4.78, 5) is 26.4. The lowest BCUT2D eigenvalue weighted by atomic mass is 9.91. The lowest BCUT2D eigenvalue weighted by Gasteiger charge is -2.22. The van der Waals surface area contributed by atoms with Crippen LogP contribution >= 0.6 is 15.9 Å². The second-order valence-electron chi connectivity index (χ2n) is 5.73. The molecule has 0 spiro atoms. The highest BCUT2D eigenvalue weighted by molar-refractivity contribution is 9.10. The van der Waals surface area contributed by atoms with Gasteiger partial charge >= 0.3 is 6.03 Å². The molecule has 1 N–H and O–H groups in total. The predicted octanol–water partition coefficient (Wildman–Crippen LogP) is 3.29. The maximum absolute atomic E-state index is 12.9. The summed E-state index contributed by atoms with van der Waals surface area (Å²) in [5, 5.41) is 11.6. The van der Waals surface area contributed by atoms with Crippen molar-refractivity contribution in [3.8, 4) is 6.07 Å². The number of nitrogens with zero attached hydrogens (tertiary/aromatic N) is 2. The van der Waals surface area contributed by atoms with Crippen molar-refractivity contribution < 1.29 is 9.59 Å². The zero-order valence-corrected chi connectivity index (χ0v) is 14.5. The number of carbonyl (C=O) groups excluding carboxylic acids is 2. The summed E-state index contributed by atoms with van der Waals surface area (Å²) in [7, 11) is 0. The molecule has 1 saturated heterocycles. The van der Waals surface area contributed by atoms with E-state index in [4.69, 9.17) is 5.26 Å². The highest BCUT2D eigenvalue weighted by atomic mass is 79.9. The number of carbonyl (C=O) groups is 2. The third-order valence-electron chi connectivity index (χ3n) is 4.15. The summed E-state index contributed by atoms with van der Waals surface area (Å²) in [6.45, 7) is 1.87. The molecule has 1 fully saturated rings. The fourth-order valence-corrected chi connectivity index (χ4v) is 3.12. The molecule has 0 aliphatic carbocycles. The lowest BCUT2D eigenvalue weighted by molar-refractivity contribution is -0.131. The van der Waals surface area contributed by atoms with Crippen LogP contribution in [0, 0.1) is 11.3 Å². The van der Waals surface area contributed by atoms with Gasteiger partial charge in [0, 0.05) is 4.47 Å². The van der Waals surface area contributed by atoms with Gasteiger partial charge in [0.25, 0.3) is 5.91 Å². The number of amides is 3. The van der Waals surface area contributed by atoms with Gasteiger partial charge in [0.05, 0.1) is 18.2 Å². The molecule has 5 nitrogen and oxygen atoms in total. The number of halogens is 1. The van der Waals surface area contributed by atoms with E-state index in [2.05, 4.69) is 21.2 Å². The van der Waals surface area contributed by atoms with Gasteiger partial charge in [-0.05, 0) is 36.2 Å². The summed E-state index contributed by atoms with van der Waals surface area (Å²) in [5.74, 6) is -0.312. The van der Waals surface area contributed by atoms with Gasteiger partial charge in [-0.25, -0.2) is 4.79 Å². The van der Waals surface area contributed by atoms with Crippen LogP contribution < -0.4 is 5.32 Å². The number of urea groups is 1. The highest BCUT2D eigenvalue weighted by Crippen LogP contribution is 2.30. The van der Waals surface area contributed by atoms with Crippen molar-refractivity contribution in [2.45, 2.75) is 19.0 Å². The molecule has 1 aliphatic rings. The monoisotopic (exact) mass is 383 g/mol. The normalized spacial score (nSPS) is 20.0. The molecule has 3 rings (SSSR count). The molecule has 0 unspecified atom stereocenters. The largest absolute Gasteiger partial charge is 0.325 e. The molecule has 2 aromatic rings. The highest BCUT2D eigenvalue weighted by Gasteiger charge is 2.48. The quantitative estimate of drug-likeness (QED) is 0.826. The van der Waals surface area contributed by atoms with Gasteiger partial charge in [-0.3, -0.25) is 9.69 Å². The lowest BCUT2D eigenvalue weighted by Crippen LogP contribution is -2.40. The molecule has 0 radical (unpaired) electrons. The van der Waals surface area contributed by atoms with Crippen LogP contribution in [0.15, 0.2) is 53.0 Å². The first kappa shape index (κ1) is 16.2. The Hall–Kier alpha value is -2.65. The summed E-state index contributed by atoms with van der Waals surface area (Å²) in [5.41, 5.74) is 0.871. The van der Waals surface area contributed by atoms with E-state index in [0.717, 1.165) is 10.0 Å². The number of nitrogens with one attached hydrogen (secondary N) is 1. The van der Waals surface area contributed by atoms with Crippen LogP contribution in [-0.2, 0) is 16.9 Å².